The highest BCUT2D eigenvalue weighted by molar-refractivity contribution is 7.90. The maximum Gasteiger partial charge on any atom is 0.240 e. The van der Waals surface area contributed by atoms with Crippen LogP contribution in [-0.2, 0) is 39.0 Å². The quantitative estimate of drug-likeness (QED) is 0.0904. The van der Waals surface area contributed by atoms with Gasteiger partial charge >= 0.3 is 0 Å². The lowest BCUT2D eigenvalue weighted by Gasteiger charge is -2.53. The van der Waals surface area contributed by atoms with Crippen LogP contribution in [-0.4, -0.2) is 101 Å². The molecule has 3 aliphatic carbocycles. The normalized spacial score (nSPS) is 24.0. The minimum Gasteiger partial charge on any atom is -0.388 e. The van der Waals surface area contributed by atoms with Crippen molar-refractivity contribution >= 4 is 49.6 Å². The van der Waals surface area contributed by atoms with Crippen LogP contribution in [0.4, 0.5) is 0 Å². The fourth-order valence-electron chi connectivity index (χ4n) is 5.95. The van der Waals surface area contributed by atoms with E-state index in [0.717, 1.165) is 17.6 Å². The molecule has 4 N–H and O–H groups in total. The number of nitrogens with zero attached hydrogens (tertiary/aromatic N) is 2. The lowest BCUT2D eigenvalue weighted by atomic mass is 9.51. The number of fused-ring (bicyclic) bond motifs is 3. The van der Waals surface area contributed by atoms with Crippen LogP contribution < -0.4 is 15.8 Å². The minimum absolute atomic E-state index is 0.0963. The monoisotopic (exact) mass is 619 g/mol. The third kappa shape index (κ3) is 10.4. The molecule has 2 amide bonds. The van der Waals surface area contributed by atoms with Crippen molar-refractivity contribution in [3.05, 3.63) is 0 Å². The molecule has 41 heavy (non-hydrogen) atoms. The summed E-state index contributed by atoms with van der Waals surface area (Å²) in [6.45, 7) is 5.59. The Labute approximate surface area is 243 Å². The Balaban J connectivity index is 2.11. The van der Waals surface area contributed by atoms with E-state index in [1.165, 1.54) is 7.05 Å². The van der Waals surface area contributed by atoms with Gasteiger partial charge < -0.3 is 20.7 Å². The van der Waals surface area contributed by atoms with Gasteiger partial charge in [-0.1, -0.05) is 13.8 Å². The van der Waals surface area contributed by atoms with E-state index in [0.29, 0.717) is 50.8 Å². The molecule has 0 saturated heterocycles. The van der Waals surface area contributed by atoms with Gasteiger partial charge in [-0.3, -0.25) is 19.4 Å². The number of Topliss-reactive ketones (excluding diaryl/α,β-unsaturated/α-hetero) is 1. The first-order chi connectivity index (χ1) is 18.8. The lowest BCUT2D eigenvalue weighted by Crippen LogP contribution is -2.57. The second-order valence-corrected chi connectivity index (χ2v) is 16.3. The zero-order valence-electron chi connectivity index (χ0n) is 24.6. The number of aliphatic imine (C=N–C) groups is 1. The molecule has 3 saturated carbocycles. The van der Waals surface area contributed by atoms with E-state index in [-0.39, 0.29) is 23.5 Å². The zero-order chi connectivity index (χ0) is 31.2. The van der Waals surface area contributed by atoms with Gasteiger partial charge in [-0.2, -0.15) is 0 Å². The summed E-state index contributed by atoms with van der Waals surface area (Å²) in [7, 11) is -6.47. The van der Waals surface area contributed by atoms with Crippen molar-refractivity contribution in [1.29, 1.82) is 0 Å². The number of hydrogen-bond acceptors (Lipinski definition) is 9. The number of carbonyl (C=O) groups is 4. The topological polar surface area (TPSA) is 202 Å². The number of sulfonamides is 1. The number of nitrogens with two attached hydrogens (primary N) is 1. The minimum atomic E-state index is -4.21. The Kier molecular flexibility index (Phi) is 11.7. The van der Waals surface area contributed by atoms with E-state index >= 15 is 0 Å². The molecular weight excluding hydrogens is 574 g/mol. The van der Waals surface area contributed by atoms with E-state index in [2.05, 4.69) is 15.0 Å². The number of hydrogen-bond donors (Lipinski definition) is 3. The van der Waals surface area contributed by atoms with E-state index < -0.39 is 67.2 Å². The van der Waals surface area contributed by atoms with Gasteiger partial charge in [0.2, 0.25) is 21.8 Å². The van der Waals surface area contributed by atoms with Crippen molar-refractivity contribution in [1.82, 2.24) is 14.9 Å². The predicted molar refractivity (Wildman–Crippen MR) is 155 cm³/mol. The van der Waals surface area contributed by atoms with Gasteiger partial charge in [0.1, 0.15) is 27.9 Å². The summed E-state index contributed by atoms with van der Waals surface area (Å²) in [5, 5.41) is 2.52. The van der Waals surface area contributed by atoms with Crippen LogP contribution in [0, 0.1) is 16.7 Å². The largest absolute Gasteiger partial charge is 0.388 e. The Morgan fingerprint density at radius 1 is 1.22 bits per heavy atom. The van der Waals surface area contributed by atoms with E-state index in [1.807, 2.05) is 13.8 Å². The van der Waals surface area contributed by atoms with Gasteiger partial charge in [-0.25, -0.2) is 21.6 Å². The zero-order valence-corrected chi connectivity index (χ0v) is 26.3. The SMILES string of the molecule is CC(N)=NCCCC(C=O)NC(=O)CN(C)C(=O)C(CCS(C)(=O)=O)NS(=O)(=O)CC12CCC(CC1=O)C(C)(C)C2. The van der Waals surface area contributed by atoms with E-state index in [9.17, 15) is 36.0 Å². The molecule has 0 aromatic carbocycles. The third-order valence-corrected chi connectivity index (χ3v) is 10.6. The number of carbonyl (C=O) groups excluding carboxylic acids is 4. The summed E-state index contributed by atoms with van der Waals surface area (Å²) in [6, 6.07) is -2.28. The predicted octanol–water partition coefficient (Wildman–Crippen LogP) is -0.206. The Bertz CT molecular complexity index is 1240. The molecule has 4 atom stereocenters. The first kappa shape index (κ1) is 34.8. The highest BCUT2D eigenvalue weighted by atomic mass is 32.2. The first-order valence-corrected chi connectivity index (χ1v) is 17.5. The molecule has 3 rings (SSSR count). The summed E-state index contributed by atoms with van der Waals surface area (Å²) in [4.78, 5) is 55.2. The van der Waals surface area contributed by atoms with Crippen LogP contribution >= 0.6 is 0 Å². The van der Waals surface area contributed by atoms with Crippen molar-refractivity contribution in [3.8, 4) is 0 Å². The van der Waals surface area contributed by atoms with Crippen LogP contribution in [0.15, 0.2) is 4.99 Å². The van der Waals surface area contributed by atoms with Crippen molar-refractivity contribution < 1.29 is 36.0 Å². The maximum absolute atomic E-state index is 13.4. The number of likely N-dealkylation sites (N-methyl/N-ethyl adjacent to an activating group) is 1. The summed E-state index contributed by atoms with van der Waals surface area (Å²) in [6.07, 6.45) is 3.91. The number of nitrogens with one attached hydrogen (secondary N) is 2. The van der Waals surface area contributed by atoms with Crippen LogP contribution in [0.25, 0.3) is 0 Å². The summed E-state index contributed by atoms with van der Waals surface area (Å²) >= 11 is 0. The Morgan fingerprint density at radius 2 is 1.88 bits per heavy atom. The molecule has 3 fully saturated rings. The van der Waals surface area contributed by atoms with Gasteiger partial charge in [0, 0.05) is 31.7 Å². The molecule has 0 aliphatic heterocycles. The van der Waals surface area contributed by atoms with Gasteiger partial charge in [0.15, 0.2) is 0 Å². The smallest absolute Gasteiger partial charge is 0.240 e. The number of amidine groups is 1. The van der Waals surface area contributed by atoms with Crippen LogP contribution in [0.1, 0.15) is 65.7 Å². The fraction of sp³-hybridized carbons (Fsp3) is 0.808. The number of aldehydes is 1. The number of ketones is 1. The average molecular weight is 620 g/mol. The summed E-state index contributed by atoms with van der Waals surface area (Å²) in [5.74, 6) is -1.90. The molecule has 13 nitrogen and oxygen atoms in total. The molecule has 3 aliphatic rings. The van der Waals surface area contributed by atoms with Gasteiger partial charge in [-0.05, 0) is 56.8 Å². The summed E-state index contributed by atoms with van der Waals surface area (Å²) in [5.41, 5.74) is 4.22. The molecule has 0 aromatic heterocycles. The molecule has 0 spiro atoms. The summed E-state index contributed by atoms with van der Waals surface area (Å²) < 4.78 is 52.7. The second-order valence-electron chi connectivity index (χ2n) is 12.3. The first-order valence-electron chi connectivity index (χ1n) is 13.8. The van der Waals surface area contributed by atoms with Crippen LogP contribution in [0.3, 0.4) is 0 Å². The maximum atomic E-state index is 13.4. The lowest BCUT2D eigenvalue weighted by molar-refractivity contribution is -0.144. The molecule has 15 heteroatoms. The highest BCUT2D eigenvalue weighted by Crippen LogP contribution is 2.57. The van der Waals surface area contributed by atoms with Gasteiger partial charge in [0.05, 0.1) is 29.9 Å². The average Bonchev–Trinajstić information content (AvgIpc) is 2.82. The Hall–Kier alpha value is -2.39. The molecule has 2 bridgehead atoms. The van der Waals surface area contributed by atoms with Crippen LogP contribution in [0.5, 0.6) is 0 Å². The molecule has 0 heterocycles. The van der Waals surface area contributed by atoms with Crippen LogP contribution in [0.2, 0.25) is 0 Å². The van der Waals surface area contributed by atoms with Crippen molar-refractivity contribution in [2.45, 2.75) is 77.8 Å². The number of sulfone groups is 1. The molecule has 0 aromatic rings. The molecule has 234 valence electrons. The second kappa shape index (κ2) is 13.7. The standard InChI is InChI=1S/C26H45N5O8S2/c1-18(27)28-11-6-7-20(15-32)29-23(34)14-31(4)24(35)21(9-12-40(5,36)37)30-41(38,39)17-26-10-8-19(13-22(26)33)25(2,3)16-26/h15,19-21,30H,6-14,16-17H2,1-5H3,(H2,27,28)(H,29,34). The van der Waals surface area contributed by atoms with Crippen molar-refractivity contribution in [2.24, 2.45) is 27.5 Å². The van der Waals surface area contributed by atoms with Gasteiger partial charge in [0.25, 0.3) is 0 Å². The highest BCUT2D eigenvalue weighted by Gasteiger charge is 2.56. The van der Waals surface area contributed by atoms with Gasteiger partial charge in [-0.15, -0.1) is 0 Å². The number of amides is 2. The third-order valence-electron chi connectivity index (χ3n) is 8.06. The molecule has 4 unspecified atom stereocenters. The van der Waals surface area contributed by atoms with E-state index in [1.54, 1.807) is 6.92 Å². The fourth-order valence-corrected chi connectivity index (χ4v) is 8.48. The number of rotatable bonds is 16. The molecule has 0 radical (unpaired) electrons. The molecular formula is C26H45N5O8S2. The Morgan fingerprint density at radius 3 is 2.41 bits per heavy atom. The van der Waals surface area contributed by atoms with Crippen molar-refractivity contribution in [2.75, 3.05) is 37.9 Å². The van der Waals surface area contributed by atoms with Crippen molar-refractivity contribution in [3.63, 3.8) is 0 Å². The van der Waals surface area contributed by atoms with E-state index in [4.69, 9.17) is 5.73 Å².